The number of nitrogens with one attached hydrogen (secondary N) is 1. The summed E-state index contributed by atoms with van der Waals surface area (Å²) in [5.41, 5.74) is 8.50. The fraction of sp³-hybridized carbons (Fsp3) is 0.133. The fourth-order valence-electron chi connectivity index (χ4n) is 2.21. The maximum absolute atomic E-state index is 11.2. The van der Waals surface area contributed by atoms with E-state index in [0.717, 1.165) is 5.69 Å². The molecule has 7 nitrogen and oxygen atoms in total. The van der Waals surface area contributed by atoms with Gasteiger partial charge in [0, 0.05) is 19.2 Å². The van der Waals surface area contributed by atoms with Crippen LogP contribution in [-0.4, -0.2) is 20.9 Å². The highest BCUT2D eigenvalue weighted by Crippen LogP contribution is 2.26. The average molecular weight is 297 g/mol. The Morgan fingerprint density at radius 2 is 2.23 bits per heavy atom. The van der Waals surface area contributed by atoms with Crippen LogP contribution in [-0.2, 0) is 11.3 Å². The van der Waals surface area contributed by atoms with Crippen LogP contribution in [0.4, 0.5) is 5.69 Å². The van der Waals surface area contributed by atoms with Crippen LogP contribution in [0.15, 0.2) is 47.1 Å². The zero-order chi connectivity index (χ0) is 15.5. The zero-order valence-electron chi connectivity index (χ0n) is 12.0. The maximum atomic E-state index is 11.2. The summed E-state index contributed by atoms with van der Waals surface area (Å²) < 4.78 is 7.10. The molecule has 7 heteroatoms. The predicted octanol–water partition coefficient (Wildman–Crippen LogP) is 1.94. The standard InChI is InChI=1S/C15H15N5O2/c1-10(21)17-11-4-2-5-12(8-11)20-15(13(9-16)18-19-20)14-6-3-7-22-14/h2-8H,9,16H2,1H3,(H,17,21). The molecule has 0 saturated heterocycles. The predicted molar refractivity (Wildman–Crippen MR) is 81.3 cm³/mol. The monoisotopic (exact) mass is 297 g/mol. The maximum Gasteiger partial charge on any atom is 0.221 e. The van der Waals surface area contributed by atoms with Gasteiger partial charge in [0.1, 0.15) is 11.4 Å². The molecule has 2 aromatic heterocycles. The van der Waals surface area contributed by atoms with Gasteiger partial charge in [0.2, 0.25) is 5.91 Å². The van der Waals surface area contributed by atoms with Crippen molar-refractivity contribution in [3.8, 4) is 17.1 Å². The number of benzene rings is 1. The number of anilines is 1. The first-order valence-corrected chi connectivity index (χ1v) is 6.75. The summed E-state index contributed by atoms with van der Waals surface area (Å²) in [5, 5.41) is 11.0. The molecule has 0 fully saturated rings. The molecule has 0 aliphatic carbocycles. The number of amides is 1. The Balaban J connectivity index is 2.09. The van der Waals surface area contributed by atoms with E-state index in [9.17, 15) is 4.79 Å². The Kier molecular flexibility index (Phi) is 3.71. The van der Waals surface area contributed by atoms with Gasteiger partial charge < -0.3 is 15.5 Å². The van der Waals surface area contributed by atoms with Crippen LogP contribution in [0, 0.1) is 0 Å². The lowest BCUT2D eigenvalue weighted by Gasteiger charge is -2.08. The molecule has 0 saturated carbocycles. The molecular weight excluding hydrogens is 282 g/mol. The summed E-state index contributed by atoms with van der Waals surface area (Å²) in [7, 11) is 0. The van der Waals surface area contributed by atoms with Gasteiger partial charge >= 0.3 is 0 Å². The smallest absolute Gasteiger partial charge is 0.221 e. The molecule has 0 aliphatic rings. The Hall–Kier alpha value is -2.93. The van der Waals surface area contributed by atoms with Crippen LogP contribution in [0.25, 0.3) is 17.1 Å². The molecule has 0 unspecified atom stereocenters. The molecule has 0 spiro atoms. The summed E-state index contributed by atoms with van der Waals surface area (Å²) in [5.74, 6) is 0.500. The molecule has 0 aliphatic heterocycles. The number of aromatic nitrogens is 3. The van der Waals surface area contributed by atoms with Crippen molar-refractivity contribution in [1.82, 2.24) is 15.0 Å². The Morgan fingerprint density at radius 1 is 1.36 bits per heavy atom. The number of carbonyl (C=O) groups excluding carboxylic acids is 1. The van der Waals surface area contributed by atoms with E-state index >= 15 is 0 Å². The van der Waals surface area contributed by atoms with Gasteiger partial charge in [-0.3, -0.25) is 4.79 Å². The summed E-state index contributed by atoms with van der Waals surface area (Å²) in [6.45, 7) is 1.71. The van der Waals surface area contributed by atoms with Crippen molar-refractivity contribution < 1.29 is 9.21 Å². The second-order valence-electron chi connectivity index (χ2n) is 4.71. The van der Waals surface area contributed by atoms with Gasteiger partial charge in [-0.25, -0.2) is 4.68 Å². The van der Waals surface area contributed by atoms with E-state index in [1.807, 2.05) is 24.3 Å². The zero-order valence-corrected chi connectivity index (χ0v) is 12.0. The quantitative estimate of drug-likeness (QED) is 0.766. The molecule has 2 heterocycles. The first kappa shape index (κ1) is 14.0. The second-order valence-corrected chi connectivity index (χ2v) is 4.71. The number of rotatable bonds is 4. The molecule has 22 heavy (non-hydrogen) atoms. The molecule has 112 valence electrons. The number of carbonyl (C=O) groups is 1. The Labute approximate surface area is 126 Å². The largest absolute Gasteiger partial charge is 0.463 e. The third-order valence-electron chi connectivity index (χ3n) is 3.10. The fourth-order valence-corrected chi connectivity index (χ4v) is 2.21. The van der Waals surface area contributed by atoms with E-state index in [-0.39, 0.29) is 12.5 Å². The first-order valence-electron chi connectivity index (χ1n) is 6.75. The highest BCUT2D eigenvalue weighted by atomic mass is 16.3. The molecule has 3 N–H and O–H groups in total. The van der Waals surface area contributed by atoms with Gasteiger partial charge in [-0.15, -0.1) is 5.10 Å². The van der Waals surface area contributed by atoms with Gasteiger partial charge in [0.05, 0.1) is 12.0 Å². The molecule has 1 aromatic carbocycles. The van der Waals surface area contributed by atoms with Crippen LogP contribution < -0.4 is 11.1 Å². The van der Waals surface area contributed by atoms with Crippen molar-refractivity contribution in [2.45, 2.75) is 13.5 Å². The minimum Gasteiger partial charge on any atom is -0.463 e. The SMILES string of the molecule is CC(=O)Nc1cccc(-n2nnc(CN)c2-c2ccco2)c1. The van der Waals surface area contributed by atoms with Crippen molar-refractivity contribution in [2.24, 2.45) is 5.73 Å². The van der Waals surface area contributed by atoms with E-state index in [1.165, 1.54) is 6.92 Å². The minimum absolute atomic E-state index is 0.135. The molecule has 1 amide bonds. The molecular formula is C15H15N5O2. The Morgan fingerprint density at radius 3 is 2.91 bits per heavy atom. The van der Waals surface area contributed by atoms with Crippen molar-refractivity contribution in [3.05, 3.63) is 48.4 Å². The second kappa shape index (κ2) is 5.82. The summed E-state index contributed by atoms with van der Waals surface area (Å²) in [4.78, 5) is 11.2. The van der Waals surface area contributed by atoms with Gasteiger partial charge in [-0.05, 0) is 30.3 Å². The van der Waals surface area contributed by atoms with Crippen molar-refractivity contribution in [1.29, 1.82) is 0 Å². The molecule has 0 bridgehead atoms. The highest BCUT2D eigenvalue weighted by Gasteiger charge is 2.17. The lowest BCUT2D eigenvalue weighted by Crippen LogP contribution is -2.07. The third kappa shape index (κ3) is 2.61. The lowest BCUT2D eigenvalue weighted by molar-refractivity contribution is -0.114. The third-order valence-corrected chi connectivity index (χ3v) is 3.10. The van der Waals surface area contributed by atoms with Crippen LogP contribution in [0.1, 0.15) is 12.6 Å². The van der Waals surface area contributed by atoms with E-state index in [0.29, 0.717) is 22.8 Å². The van der Waals surface area contributed by atoms with E-state index in [1.54, 1.807) is 23.1 Å². The van der Waals surface area contributed by atoms with Crippen LogP contribution >= 0.6 is 0 Å². The van der Waals surface area contributed by atoms with E-state index < -0.39 is 0 Å². The van der Waals surface area contributed by atoms with Crippen molar-refractivity contribution in [2.75, 3.05) is 5.32 Å². The van der Waals surface area contributed by atoms with Gasteiger partial charge in [0.25, 0.3) is 0 Å². The first-order chi connectivity index (χ1) is 10.7. The molecule has 3 rings (SSSR count). The number of hydrogen-bond acceptors (Lipinski definition) is 5. The van der Waals surface area contributed by atoms with Crippen LogP contribution in [0.2, 0.25) is 0 Å². The van der Waals surface area contributed by atoms with Crippen molar-refractivity contribution in [3.63, 3.8) is 0 Å². The normalized spacial score (nSPS) is 10.6. The average Bonchev–Trinajstić information content (AvgIpc) is 3.15. The van der Waals surface area contributed by atoms with Crippen molar-refractivity contribution >= 4 is 11.6 Å². The minimum atomic E-state index is -0.135. The summed E-state index contributed by atoms with van der Waals surface area (Å²) in [6, 6.07) is 10.9. The summed E-state index contributed by atoms with van der Waals surface area (Å²) in [6.07, 6.45) is 1.58. The summed E-state index contributed by atoms with van der Waals surface area (Å²) >= 11 is 0. The van der Waals surface area contributed by atoms with Crippen LogP contribution in [0.5, 0.6) is 0 Å². The Bertz CT molecular complexity index is 792. The number of nitrogens with two attached hydrogens (primary N) is 1. The van der Waals surface area contributed by atoms with E-state index in [4.69, 9.17) is 10.2 Å². The lowest BCUT2D eigenvalue weighted by atomic mass is 10.2. The highest BCUT2D eigenvalue weighted by molar-refractivity contribution is 5.89. The van der Waals surface area contributed by atoms with E-state index in [2.05, 4.69) is 15.6 Å². The number of hydrogen-bond donors (Lipinski definition) is 2. The molecule has 0 atom stereocenters. The molecule has 0 radical (unpaired) electrons. The number of furan rings is 1. The van der Waals surface area contributed by atoms with Gasteiger partial charge in [-0.1, -0.05) is 11.3 Å². The topological polar surface area (TPSA) is 99.0 Å². The van der Waals surface area contributed by atoms with Gasteiger partial charge in [0.15, 0.2) is 5.76 Å². The number of nitrogens with zero attached hydrogens (tertiary/aromatic N) is 3. The molecule has 3 aromatic rings. The van der Waals surface area contributed by atoms with Gasteiger partial charge in [-0.2, -0.15) is 0 Å². The van der Waals surface area contributed by atoms with Crippen LogP contribution in [0.3, 0.4) is 0 Å².